The van der Waals surface area contributed by atoms with Gasteiger partial charge in [-0.3, -0.25) is 9.59 Å². The van der Waals surface area contributed by atoms with Crippen molar-refractivity contribution in [2.75, 3.05) is 0 Å². The van der Waals surface area contributed by atoms with Gasteiger partial charge in [0.25, 0.3) is 0 Å². The van der Waals surface area contributed by atoms with E-state index in [9.17, 15) is 14.7 Å². The highest BCUT2D eigenvalue weighted by Gasteiger charge is 2.12. The molecule has 0 saturated carbocycles. The minimum absolute atomic E-state index is 0.0107. The highest BCUT2D eigenvalue weighted by molar-refractivity contribution is 5.68. The van der Waals surface area contributed by atoms with Gasteiger partial charge >= 0.3 is 5.97 Å². The summed E-state index contributed by atoms with van der Waals surface area (Å²) >= 11 is 0. The van der Waals surface area contributed by atoms with Crippen molar-refractivity contribution in [3.05, 3.63) is 58.0 Å². The van der Waals surface area contributed by atoms with E-state index in [-0.39, 0.29) is 29.5 Å². The molecule has 116 valence electrons. The first-order valence-corrected chi connectivity index (χ1v) is 6.95. The second-order valence-electron chi connectivity index (χ2n) is 4.97. The molecule has 0 aliphatic rings. The van der Waals surface area contributed by atoms with Crippen LogP contribution in [0.2, 0.25) is 0 Å². The molecule has 23 heavy (non-hydrogen) atoms. The summed E-state index contributed by atoms with van der Waals surface area (Å²) in [6.45, 7) is 0. The van der Waals surface area contributed by atoms with Gasteiger partial charge in [0, 0.05) is 24.2 Å². The van der Waals surface area contributed by atoms with E-state index >= 15 is 0 Å². The van der Waals surface area contributed by atoms with Gasteiger partial charge in [-0.25, -0.2) is 9.50 Å². The summed E-state index contributed by atoms with van der Waals surface area (Å²) in [5, 5.41) is 23.1. The number of rotatable bonds is 4. The minimum Gasteiger partial charge on any atom is -0.511 e. The topological polar surface area (TPSA) is 105 Å². The molecule has 3 aromatic rings. The standard InChI is InChI=1S/C16H13N3O4/c20-11(6-7-13(22)23)14-12(21)8-9-19-16(14)17-15(18-19)10-4-2-1-3-5-10/h1-5,8-9,20H,6-7H2,(H,22,23)/b14-11-. The van der Waals surface area contributed by atoms with Gasteiger partial charge in [0.15, 0.2) is 16.9 Å². The second-order valence-corrected chi connectivity index (χ2v) is 4.97. The third kappa shape index (κ3) is 2.89. The Bertz CT molecular complexity index is 980. The van der Waals surface area contributed by atoms with Crippen molar-refractivity contribution in [1.29, 1.82) is 0 Å². The molecule has 0 fully saturated rings. The number of hydrogen-bond donors (Lipinski definition) is 2. The Morgan fingerprint density at radius 2 is 1.83 bits per heavy atom. The number of aliphatic hydroxyl groups excluding tert-OH is 1. The van der Waals surface area contributed by atoms with E-state index in [2.05, 4.69) is 10.1 Å². The van der Waals surface area contributed by atoms with E-state index in [1.807, 2.05) is 30.3 Å². The SMILES string of the molecule is O=C(O)CC/C(O)=c1\c(=O)ccn2nc(-c3ccccc3)nc12. The van der Waals surface area contributed by atoms with Crippen molar-refractivity contribution in [1.82, 2.24) is 14.6 Å². The van der Waals surface area contributed by atoms with Crippen LogP contribution in [-0.4, -0.2) is 30.8 Å². The van der Waals surface area contributed by atoms with Crippen LogP contribution in [0.4, 0.5) is 0 Å². The minimum atomic E-state index is -1.05. The lowest BCUT2D eigenvalue weighted by molar-refractivity contribution is -0.136. The van der Waals surface area contributed by atoms with Crippen LogP contribution in [0.3, 0.4) is 0 Å². The molecule has 0 aliphatic heterocycles. The number of aliphatic carboxylic acids is 1. The fraction of sp³-hybridized carbons (Fsp3) is 0.125. The molecule has 7 heteroatoms. The van der Waals surface area contributed by atoms with Gasteiger partial charge in [0.1, 0.15) is 11.0 Å². The Balaban J connectivity index is 2.20. The Kier molecular flexibility index (Phi) is 3.76. The van der Waals surface area contributed by atoms with Crippen LogP contribution in [0.5, 0.6) is 0 Å². The maximum atomic E-state index is 12.1. The quantitative estimate of drug-likeness (QED) is 0.745. The number of pyridine rings is 1. The summed E-state index contributed by atoms with van der Waals surface area (Å²) in [5.74, 6) is -0.930. The Morgan fingerprint density at radius 1 is 1.09 bits per heavy atom. The molecule has 1 aromatic carbocycles. The van der Waals surface area contributed by atoms with Crippen LogP contribution in [-0.2, 0) is 4.79 Å². The summed E-state index contributed by atoms with van der Waals surface area (Å²) in [4.78, 5) is 27.0. The molecule has 2 aromatic heterocycles. The Hall–Kier alpha value is -3.22. The first-order valence-electron chi connectivity index (χ1n) is 6.95. The van der Waals surface area contributed by atoms with Crippen LogP contribution in [0, 0.1) is 0 Å². The third-order valence-electron chi connectivity index (χ3n) is 3.36. The van der Waals surface area contributed by atoms with Crippen molar-refractivity contribution in [2.45, 2.75) is 12.8 Å². The first-order chi connectivity index (χ1) is 11.1. The number of fused-ring (bicyclic) bond motifs is 1. The number of nitrogens with zero attached hydrogens (tertiary/aromatic N) is 3. The second kappa shape index (κ2) is 5.88. The molecule has 0 aliphatic carbocycles. The summed E-state index contributed by atoms with van der Waals surface area (Å²) in [7, 11) is 0. The lowest BCUT2D eigenvalue weighted by Crippen LogP contribution is -2.29. The molecule has 7 nitrogen and oxygen atoms in total. The molecular formula is C16H13N3O4. The van der Waals surface area contributed by atoms with Crippen molar-refractivity contribution < 1.29 is 15.0 Å². The number of carbonyl (C=O) groups is 1. The van der Waals surface area contributed by atoms with Crippen LogP contribution >= 0.6 is 0 Å². The van der Waals surface area contributed by atoms with E-state index in [1.54, 1.807) is 0 Å². The largest absolute Gasteiger partial charge is 0.511 e. The monoisotopic (exact) mass is 311 g/mol. The molecule has 3 rings (SSSR count). The molecule has 0 bridgehead atoms. The van der Waals surface area contributed by atoms with Gasteiger partial charge in [-0.1, -0.05) is 30.3 Å². The molecule has 2 heterocycles. The number of benzene rings is 1. The van der Waals surface area contributed by atoms with Crippen molar-refractivity contribution in [3.63, 3.8) is 0 Å². The molecule has 0 radical (unpaired) electrons. The van der Waals surface area contributed by atoms with E-state index in [4.69, 9.17) is 5.11 Å². The molecular weight excluding hydrogens is 298 g/mol. The van der Waals surface area contributed by atoms with E-state index in [1.165, 1.54) is 16.8 Å². The smallest absolute Gasteiger partial charge is 0.303 e. The van der Waals surface area contributed by atoms with Gasteiger partial charge in [0.05, 0.1) is 6.42 Å². The molecule has 0 amide bonds. The van der Waals surface area contributed by atoms with Crippen molar-refractivity contribution in [3.8, 4) is 11.4 Å². The predicted molar refractivity (Wildman–Crippen MR) is 82.8 cm³/mol. The number of aliphatic hydroxyl groups is 1. The third-order valence-corrected chi connectivity index (χ3v) is 3.36. The zero-order valence-electron chi connectivity index (χ0n) is 12.0. The molecule has 0 unspecified atom stereocenters. The van der Waals surface area contributed by atoms with Gasteiger partial charge < -0.3 is 10.2 Å². The number of hydrogen-bond acceptors (Lipinski definition) is 5. The average molecular weight is 311 g/mol. The molecule has 2 N–H and O–H groups in total. The number of carboxylic acids is 1. The van der Waals surface area contributed by atoms with Crippen LogP contribution in [0.25, 0.3) is 22.8 Å². The lowest BCUT2D eigenvalue weighted by Gasteiger charge is -1.97. The average Bonchev–Trinajstić information content (AvgIpc) is 2.97. The number of carboxylic acid groups (broad SMARTS) is 1. The van der Waals surface area contributed by atoms with Gasteiger partial charge in [0.2, 0.25) is 0 Å². The highest BCUT2D eigenvalue weighted by atomic mass is 16.4. The van der Waals surface area contributed by atoms with Crippen LogP contribution < -0.4 is 10.6 Å². The Labute approximate surface area is 130 Å². The Morgan fingerprint density at radius 3 is 2.52 bits per heavy atom. The normalized spacial score (nSPS) is 12.3. The zero-order valence-corrected chi connectivity index (χ0v) is 12.0. The van der Waals surface area contributed by atoms with E-state index < -0.39 is 11.4 Å². The van der Waals surface area contributed by atoms with Crippen LogP contribution in [0.15, 0.2) is 47.4 Å². The maximum Gasteiger partial charge on any atom is 0.303 e. The molecule has 0 saturated heterocycles. The molecule has 0 spiro atoms. The highest BCUT2D eigenvalue weighted by Crippen LogP contribution is 2.14. The maximum absolute atomic E-state index is 12.1. The fourth-order valence-corrected chi connectivity index (χ4v) is 2.26. The van der Waals surface area contributed by atoms with Gasteiger partial charge in [-0.2, -0.15) is 0 Å². The summed E-state index contributed by atoms with van der Waals surface area (Å²) < 4.78 is 1.40. The summed E-state index contributed by atoms with van der Waals surface area (Å²) in [6, 6.07) is 10.5. The molecule has 0 atom stereocenters. The lowest BCUT2D eigenvalue weighted by atomic mass is 10.2. The van der Waals surface area contributed by atoms with E-state index in [0.29, 0.717) is 5.82 Å². The van der Waals surface area contributed by atoms with Gasteiger partial charge in [-0.05, 0) is 0 Å². The van der Waals surface area contributed by atoms with Crippen LogP contribution in [0.1, 0.15) is 12.8 Å². The zero-order chi connectivity index (χ0) is 16.4. The predicted octanol–water partition coefficient (Wildman–Crippen LogP) is 1.01. The first kappa shape index (κ1) is 14.7. The number of aromatic nitrogens is 3. The van der Waals surface area contributed by atoms with Crippen molar-refractivity contribution >= 4 is 17.4 Å². The van der Waals surface area contributed by atoms with Crippen molar-refractivity contribution in [2.24, 2.45) is 0 Å². The summed E-state index contributed by atoms with van der Waals surface area (Å²) in [6.07, 6.45) is 1.05. The summed E-state index contributed by atoms with van der Waals surface area (Å²) in [5.41, 5.74) is 0.561. The van der Waals surface area contributed by atoms with Gasteiger partial charge in [-0.15, -0.1) is 5.10 Å². The van der Waals surface area contributed by atoms with E-state index in [0.717, 1.165) is 5.56 Å². The fourth-order valence-electron chi connectivity index (χ4n) is 2.26.